The Morgan fingerprint density at radius 3 is 2.75 bits per heavy atom. The Morgan fingerprint density at radius 2 is 2.19 bits per heavy atom. The fraction of sp³-hybridized carbons (Fsp3) is 0.385. The van der Waals surface area contributed by atoms with E-state index in [4.69, 9.17) is 4.42 Å². The molecule has 16 heavy (non-hydrogen) atoms. The van der Waals surface area contributed by atoms with Gasteiger partial charge in [0.25, 0.3) is 0 Å². The second-order valence-corrected chi connectivity index (χ2v) is 5.25. The average molecular weight is 236 g/mol. The van der Waals surface area contributed by atoms with E-state index in [1.54, 1.807) is 17.6 Å². The van der Waals surface area contributed by atoms with Gasteiger partial charge in [-0.05, 0) is 31.5 Å². The Hall–Kier alpha value is -1.06. The van der Waals surface area contributed by atoms with Crippen LogP contribution in [0.25, 0.3) is 0 Å². The van der Waals surface area contributed by atoms with Gasteiger partial charge in [0.1, 0.15) is 11.9 Å². The summed E-state index contributed by atoms with van der Waals surface area (Å²) < 4.78 is 5.35. The van der Waals surface area contributed by atoms with E-state index in [9.17, 15) is 5.11 Å². The fourth-order valence-electron chi connectivity index (χ4n) is 1.95. The molecule has 2 aromatic heterocycles. The minimum Gasteiger partial charge on any atom is -0.469 e. The summed E-state index contributed by atoms with van der Waals surface area (Å²) in [4.78, 5) is 2.25. The van der Waals surface area contributed by atoms with Crippen LogP contribution in [-0.4, -0.2) is 5.11 Å². The summed E-state index contributed by atoms with van der Waals surface area (Å²) in [5, 5.41) is 10.3. The van der Waals surface area contributed by atoms with Gasteiger partial charge in [0, 0.05) is 21.7 Å². The molecular weight excluding hydrogens is 220 g/mol. The molecule has 0 saturated carbocycles. The maximum absolute atomic E-state index is 10.3. The first kappa shape index (κ1) is 11.4. The highest BCUT2D eigenvalue weighted by molar-refractivity contribution is 7.12. The molecule has 0 aliphatic heterocycles. The zero-order valence-corrected chi connectivity index (χ0v) is 10.6. The summed E-state index contributed by atoms with van der Waals surface area (Å²) in [6.07, 6.45) is 1.91. The summed E-state index contributed by atoms with van der Waals surface area (Å²) >= 11 is 1.65. The Bertz CT molecular complexity index is 482. The van der Waals surface area contributed by atoms with Crippen molar-refractivity contribution in [2.24, 2.45) is 0 Å². The highest BCUT2D eigenvalue weighted by Gasteiger charge is 2.19. The van der Waals surface area contributed by atoms with Gasteiger partial charge in [0.05, 0.1) is 6.26 Å². The van der Waals surface area contributed by atoms with Crippen molar-refractivity contribution in [2.45, 2.75) is 33.3 Å². The van der Waals surface area contributed by atoms with E-state index in [1.165, 1.54) is 4.88 Å². The number of rotatable bonds is 3. The third-order valence-corrected chi connectivity index (χ3v) is 3.93. The third kappa shape index (κ3) is 1.93. The van der Waals surface area contributed by atoms with E-state index in [0.717, 1.165) is 28.2 Å². The SMILES string of the molecule is CCc1occc1C(O)c1sc(C)cc1C. The van der Waals surface area contributed by atoms with Gasteiger partial charge in [-0.2, -0.15) is 0 Å². The van der Waals surface area contributed by atoms with E-state index in [2.05, 4.69) is 13.0 Å². The third-order valence-electron chi connectivity index (χ3n) is 2.72. The summed E-state index contributed by atoms with van der Waals surface area (Å²) in [6.45, 7) is 6.12. The molecule has 86 valence electrons. The van der Waals surface area contributed by atoms with Crippen LogP contribution in [0.4, 0.5) is 0 Å². The van der Waals surface area contributed by atoms with Crippen LogP contribution in [-0.2, 0) is 6.42 Å². The molecule has 0 fully saturated rings. The normalized spacial score (nSPS) is 13.0. The first-order valence-corrected chi connectivity index (χ1v) is 6.26. The summed E-state index contributed by atoms with van der Waals surface area (Å²) in [6, 6.07) is 3.97. The zero-order valence-electron chi connectivity index (χ0n) is 9.78. The highest BCUT2D eigenvalue weighted by atomic mass is 32.1. The lowest BCUT2D eigenvalue weighted by molar-refractivity contribution is 0.220. The molecule has 0 amide bonds. The number of aliphatic hydroxyl groups is 1. The van der Waals surface area contributed by atoms with Crippen LogP contribution in [0.1, 0.15) is 39.7 Å². The lowest BCUT2D eigenvalue weighted by Gasteiger charge is -2.09. The minimum atomic E-state index is -0.549. The summed E-state index contributed by atoms with van der Waals surface area (Å²) in [5.41, 5.74) is 2.05. The van der Waals surface area contributed by atoms with Crippen molar-refractivity contribution in [3.63, 3.8) is 0 Å². The van der Waals surface area contributed by atoms with Crippen LogP contribution in [0.2, 0.25) is 0 Å². The quantitative estimate of drug-likeness (QED) is 0.883. The Morgan fingerprint density at radius 1 is 1.44 bits per heavy atom. The fourth-order valence-corrected chi connectivity index (χ4v) is 2.99. The molecule has 1 N–H and O–H groups in total. The zero-order chi connectivity index (χ0) is 11.7. The molecule has 0 saturated heterocycles. The molecule has 3 heteroatoms. The van der Waals surface area contributed by atoms with Gasteiger partial charge in [0.2, 0.25) is 0 Å². The van der Waals surface area contributed by atoms with Crippen LogP contribution < -0.4 is 0 Å². The van der Waals surface area contributed by atoms with E-state index in [1.807, 2.05) is 19.9 Å². The predicted molar refractivity (Wildman–Crippen MR) is 65.9 cm³/mol. The first-order valence-electron chi connectivity index (χ1n) is 5.44. The molecule has 2 aromatic rings. The molecule has 2 rings (SSSR count). The standard InChI is InChI=1S/C13H16O2S/c1-4-11-10(5-6-15-11)12(14)13-8(2)7-9(3)16-13/h5-7,12,14H,4H2,1-3H3. The van der Waals surface area contributed by atoms with Crippen LogP contribution in [0, 0.1) is 13.8 Å². The summed E-state index contributed by atoms with van der Waals surface area (Å²) in [7, 11) is 0. The lowest BCUT2D eigenvalue weighted by atomic mass is 10.1. The molecule has 1 atom stereocenters. The van der Waals surface area contributed by atoms with Gasteiger partial charge in [0.15, 0.2) is 0 Å². The molecule has 0 aliphatic rings. The average Bonchev–Trinajstić information content (AvgIpc) is 2.83. The topological polar surface area (TPSA) is 33.4 Å². The van der Waals surface area contributed by atoms with Gasteiger partial charge >= 0.3 is 0 Å². The van der Waals surface area contributed by atoms with Crippen molar-refractivity contribution >= 4 is 11.3 Å². The number of aliphatic hydroxyl groups excluding tert-OH is 1. The maximum atomic E-state index is 10.3. The molecule has 2 nitrogen and oxygen atoms in total. The first-order chi connectivity index (χ1) is 7.63. The van der Waals surface area contributed by atoms with Crippen molar-refractivity contribution in [1.82, 2.24) is 0 Å². The van der Waals surface area contributed by atoms with E-state index < -0.39 is 6.10 Å². The van der Waals surface area contributed by atoms with Crippen LogP contribution in [0.5, 0.6) is 0 Å². The monoisotopic (exact) mass is 236 g/mol. The Labute approximate surface area is 99.5 Å². The number of hydrogen-bond acceptors (Lipinski definition) is 3. The highest BCUT2D eigenvalue weighted by Crippen LogP contribution is 2.33. The van der Waals surface area contributed by atoms with E-state index in [0.29, 0.717) is 0 Å². The van der Waals surface area contributed by atoms with Crippen molar-refractivity contribution in [2.75, 3.05) is 0 Å². The van der Waals surface area contributed by atoms with Crippen molar-refractivity contribution in [3.8, 4) is 0 Å². The second-order valence-electron chi connectivity index (χ2n) is 3.96. The van der Waals surface area contributed by atoms with Gasteiger partial charge in [-0.15, -0.1) is 11.3 Å². The minimum absolute atomic E-state index is 0.549. The smallest absolute Gasteiger partial charge is 0.117 e. The predicted octanol–water partition coefficient (Wildman–Crippen LogP) is 3.60. The molecule has 0 bridgehead atoms. The van der Waals surface area contributed by atoms with E-state index >= 15 is 0 Å². The molecule has 2 heterocycles. The van der Waals surface area contributed by atoms with Crippen molar-refractivity contribution in [3.05, 3.63) is 45.0 Å². The lowest BCUT2D eigenvalue weighted by Crippen LogP contribution is -2.00. The molecule has 0 radical (unpaired) electrons. The number of thiophene rings is 1. The van der Waals surface area contributed by atoms with Crippen LogP contribution in [0.3, 0.4) is 0 Å². The largest absolute Gasteiger partial charge is 0.469 e. The molecular formula is C13H16O2S. The second kappa shape index (κ2) is 4.44. The van der Waals surface area contributed by atoms with Gasteiger partial charge in [-0.1, -0.05) is 6.92 Å². The maximum Gasteiger partial charge on any atom is 0.117 e. The molecule has 0 spiro atoms. The number of hydrogen-bond donors (Lipinski definition) is 1. The van der Waals surface area contributed by atoms with Gasteiger partial charge in [-0.3, -0.25) is 0 Å². The number of aryl methyl sites for hydroxylation is 3. The van der Waals surface area contributed by atoms with Crippen molar-refractivity contribution < 1.29 is 9.52 Å². The molecule has 0 aliphatic carbocycles. The van der Waals surface area contributed by atoms with Crippen LogP contribution in [0.15, 0.2) is 22.8 Å². The molecule has 0 aromatic carbocycles. The van der Waals surface area contributed by atoms with Crippen LogP contribution >= 0.6 is 11.3 Å². The Kier molecular flexibility index (Phi) is 3.17. The number of furan rings is 1. The van der Waals surface area contributed by atoms with E-state index in [-0.39, 0.29) is 0 Å². The van der Waals surface area contributed by atoms with Gasteiger partial charge in [-0.25, -0.2) is 0 Å². The van der Waals surface area contributed by atoms with Crippen molar-refractivity contribution in [1.29, 1.82) is 0 Å². The molecule has 1 unspecified atom stereocenters. The summed E-state index contributed by atoms with van der Waals surface area (Å²) in [5.74, 6) is 0.873. The van der Waals surface area contributed by atoms with Gasteiger partial charge < -0.3 is 9.52 Å². The Balaban J connectivity index is 2.38.